The Balaban J connectivity index is 1.33. The SMILES string of the molecule is COc1ccc(CNC(=O)C2CCN(c3nccnc3Oc3ccccc3)CC2)c(OC)c1. The average molecular weight is 449 g/mol. The van der Waals surface area contributed by atoms with E-state index in [0.29, 0.717) is 48.6 Å². The van der Waals surface area contributed by atoms with Gasteiger partial charge in [0.1, 0.15) is 17.2 Å². The Hall–Kier alpha value is -3.81. The number of aromatic nitrogens is 2. The van der Waals surface area contributed by atoms with Gasteiger partial charge in [0.2, 0.25) is 5.91 Å². The normalized spacial score (nSPS) is 13.9. The zero-order chi connectivity index (χ0) is 23.0. The van der Waals surface area contributed by atoms with Crippen LogP contribution in [0.3, 0.4) is 0 Å². The quantitative estimate of drug-likeness (QED) is 0.561. The molecule has 1 saturated heterocycles. The molecule has 1 aliphatic rings. The molecule has 0 atom stereocenters. The van der Waals surface area contributed by atoms with Crippen molar-refractivity contribution in [3.05, 3.63) is 66.5 Å². The first kappa shape index (κ1) is 22.4. The number of carbonyl (C=O) groups excluding carboxylic acids is 1. The minimum atomic E-state index is -0.0549. The fourth-order valence-corrected chi connectivity index (χ4v) is 3.89. The van der Waals surface area contributed by atoms with Crippen LogP contribution in [0.4, 0.5) is 5.82 Å². The molecule has 1 aliphatic heterocycles. The van der Waals surface area contributed by atoms with Gasteiger partial charge in [0, 0.05) is 49.6 Å². The second-order valence-electron chi connectivity index (χ2n) is 7.76. The molecule has 0 bridgehead atoms. The number of piperidine rings is 1. The Morgan fingerprint density at radius 2 is 1.76 bits per heavy atom. The number of carbonyl (C=O) groups is 1. The highest BCUT2D eigenvalue weighted by Crippen LogP contribution is 2.31. The van der Waals surface area contributed by atoms with Gasteiger partial charge in [-0.3, -0.25) is 4.79 Å². The van der Waals surface area contributed by atoms with Crippen molar-refractivity contribution >= 4 is 11.7 Å². The summed E-state index contributed by atoms with van der Waals surface area (Å²) in [5.74, 6) is 3.28. The number of benzene rings is 2. The topological polar surface area (TPSA) is 85.8 Å². The average Bonchev–Trinajstić information content (AvgIpc) is 2.88. The molecule has 1 N–H and O–H groups in total. The van der Waals surface area contributed by atoms with Crippen LogP contribution in [-0.2, 0) is 11.3 Å². The molecule has 8 nitrogen and oxygen atoms in total. The maximum atomic E-state index is 12.8. The molecule has 3 aromatic rings. The van der Waals surface area contributed by atoms with Gasteiger partial charge in [-0.2, -0.15) is 0 Å². The number of ether oxygens (including phenoxy) is 3. The Labute approximate surface area is 193 Å². The van der Waals surface area contributed by atoms with E-state index in [-0.39, 0.29) is 11.8 Å². The number of hydrogen-bond donors (Lipinski definition) is 1. The van der Waals surface area contributed by atoms with Crippen LogP contribution in [-0.4, -0.2) is 43.2 Å². The first-order chi connectivity index (χ1) is 16.2. The largest absolute Gasteiger partial charge is 0.497 e. The van der Waals surface area contributed by atoms with Gasteiger partial charge >= 0.3 is 0 Å². The van der Waals surface area contributed by atoms with E-state index in [1.54, 1.807) is 26.6 Å². The minimum absolute atomic E-state index is 0.0485. The minimum Gasteiger partial charge on any atom is -0.497 e. The van der Waals surface area contributed by atoms with E-state index in [1.165, 1.54) is 0 Å². The summed E-state index contributed by atoms with van der Waals surface area (Å²) in [7, 11) is 3.22. The fourth-order valence-electron chi connectivity index (χ4n) is 3.89. The highest BCUT2D eigenvalue weighted by molar-refractivity contribution is 5.79. The van der Waals surface area contributed by atoms with Gasteiger partial charge in [0.05, 0.1) is 14.2 Å². The molecule has 0 aliphatic carbocycles. The Kier molecular flexibility index (Phi) is 7.24. The van der Waals surface area contributed by atoms with Gasteiger partial charge in [0.25, 0.3) is 5.88 Å². The maximum absolute atomic E-state index is 12.8. The lowest BCUT2D eigenvalue weighted by Crippen LogP contribution is -2.40. The lowest BCUT2D eigenvalue weighted by atomic mass is 9.96. The van der Waals surface area contributed by atoms with Gasteiger partial charge in [-0.15, -0.1) is 0 Å². The maximum Gasteiger partial charge on any atom is 0.263 e. The number of rotatable bonds is 8. The Bertz CT molecular complexity index is 1070. The third-order valence-corrected chi connectivity index (χ3v) is 5.72. The summed E-state index contributed by atoms with van der Waals surface area (Å²) in [6.07, 6.45) is 4.74. The molecule has 0 spiro atoms. The van der Waals surface area contributed by atoms with E-state index in [9.17, 15) is 4.79 Å². The molecule has 8 heteroatoms. The van der Waals surface area contributed by atoms with Crippen molar-refractivity contribution < 1.29 is 19.0 Å². The molecule has 1 fully saturated rings. The second kappa shape index (κ2) is 10.7. The van der Waals surface area contributed by atoms with Gasteiger partial charge in [0.15, 0.2) is 5.82 Å². The van der Waals surface area contributed by atoms with Gasteiger partial charge in [-0.1, -0.05) is 18.2 Å². The molecule has 4 rings (SSSR count). The van der Waals surface area contributed by atoms with Crippen molar-refractivity contribution in [2.45, 2.75) is 19.4 Å². The predicted octanol–water partition coefficient (Wildman–Crippen LogP) is 3.82. The number of para-hydroxylation sites is 1. The van der Waals surface area contributed by atoms with E-state index in [1.807, 2.05) is 48.5 Å². The molecule has 2 aromatic carbocycles. The molecule has 0 unspecified atom stereocenters. The van der Waals surface area contributed by atoms with Crippen LogP contribution in [0, 0.1) is 5.92 Å². The fraction of sp³-hybridized carbons (Fsp3) is 0.320. The molecular weight excluding hydrogens is 420 g/mol. The van der Waals surface area contributed by atoms with Gasteiger partial charge in [-0.05, 0) is 37.1 Å². The second-order valence-corrected chi connectivity index (χ2v) is 7.76. The van der Waals surface area contributed by atoms with Crippen molar-refractivity contribution in [1.29, 1.82) is 0 Å². The van der Waals surface area contributed by atoms with Crippen LogP contribution in [0.5, 0.6) is 23.1 Å². The van der Waals surface area contributed by atoms with E-state index >= 15 is 0 Å². The number of amides is 1. The molecule has 0 radical (unpaired) electrons. The van der Waals surface area contributed by atoms with Crippen LogP contribution in [0.2, 0.25) is 0 Å². The van der Waals surface area contributed by atoms with Crippen LogP contribution in [0.1, 0.15) is 18.4 Å². The molecular formula is C25H28N4O4. The third kappa shape index (κ3) is 5.52. The van der Waals surface area contributed by atoms with E-state index in [0.717, 1.165) is 18.4 Å². The smallest absolute Gasteiger partial charge is 0.263 e. The lowest BCUT2D eigenvalue weighted by Gasteiger charge is -2.32. The summed E-state index contributed by atoms with van der Waals surface area (Å²) in [6.45, 7) is 1.81. The predicted molar refractivity (Wildman–Crippen MR) is 125 cm³/mol. The lowest BCUT2D eigenvalue weighted by molar-refractivity contribution is -0.125. The monoisotopic (exact) mass is 448 g/mol. The first-order valence-corrected chi connectivity index (χ1v) is 11.0. The van der Waals surface area contributed by atoms with E-state index in [2.05, 4.69) is 20.2 Å². The van der Waals surface area contributed by atoms with Crippen molar-refractivity contribution in [3.63, 3.8) is 0 Å². The molecule has 2 heterocycles. The van der Waals surface area contributed by atoms with E-state index in [4.69, 9.17) is 14.2 Å². The molecule has 33 heavy (non-hydrogen) atoms. The number of nitrogens with one attached hydrogen (secondary N) is 1. The highest BCUT2D eigenvalue weighted by atomic mass is 16.5. The number of methoxy groups -OCH3 is 2. The summed E-state index contributed by atoms with van der Waals surface area (Å²) < 4.78 is 16.6. The summed E-state index contributed by atoms with van der Waals surface area (Å²) in [6, 6.07) is 15.1. The van der Waals surface area contributed by atoms with Gasteiger partial charge < -0.3 is 24.4 Å². The summed E-state index contributed by atoms with van der Waals surface area (Å²) in [5.41, 5.74) is 0.909. The van der Waals surface area contributed by atoms with Crippen molar-refractivity contribution in [2.24, 2.45) is 5.92 Å². The summed E-state index contributed by atoms with van der Waals surface area (Å²) in [5, 5.41) is 3.05. The zero-order valence-electron chi connectivity index (χ0n) is 18.9. The highest BCUT2D eigenvalue weighted by Gasteiger charge is 2.27. The Morgan fingerprint density at radius 3 is 2.48 bits per heavy atom. The van der Waals surface area contributed by atoms with Crippen molar-refractivity contribution in [3.8, 4) is 23.1 Å². The Morgan fingerprint density at radius 1 is 1.00 bits per heavy atom. The number of nitrogens with zero attached hydrogens (tertiary/aromatic N) is 3. The van der Waals surface area contributed by atoms with Crippen LogP contribution >= 0.6 is 0 Å². The number of anilines is 1. The molecule has 172 valence electrons. The molecule has 0 saturated carbocycles. The zero-order valence-corrected chi connectivity index (χ0v) is 18.9. The van der Waals surface area contributed by atoms with Crippen LogP contribution in [0.25, 0.3) is 0 Å². The molecule has 1 aromatic heterocycles. The van der Waals surface area contributed by atoms with Crippen molar-refractivity contribution in [1.82, 2.24) is 15.3 Å². The van der Waals surface area contributed by atoms with Crippen LogP contribution < -0.4 is 24.4 Å². The van der Waals surface area contributed by atoms with E-state index < -0.39 is 0 Å². The first-order valence-electron chi connectivity index (χ1n) is 11.0. The third-order valence-electron chi connectivity index (χ3n) is 5.72. The molecule has 1 amide bonds. The van der Waals surface area contributed by atoms with Crippen LogP contribution in [0.15, 0.2) is 60.9 Å². The number of hydrogen-bond acceptors (Lipinski definition) is 7. The van der Waals surface area contributed by atoms with Crippen molar-refractivity contribution in [2.75, 3.05) is 32.2 Å². The van der Waals surface area contributed by atoms with Gasteiger partial charge in [-0.25, -0.2) is 9.97 Å². The summed E-state index contributed by atoms with van der Waals surface area (Å²) >= 11 is 0. The standard InChI is InChI=1S/C25H28N4O4/c1-31-21-9-8-19(22(16-21)32-2)17-28-24(30)18-10-14-29(15-11-18)23-25(27-13-12-26-23)33-20-6-4-3-5-7-20/h3-9,12-13,16,18H,10-11,14-15,17H2,1-2H3,(H,28,30). The summed E-state index contributed by atoms with van der Waals surface area (Å²) in [4.78, 5) is 23.8.